The van der Waals surface area contributed by atoms with Crippen molar-refractivity contribution in [3.63, 3.8) is 0 Å². The second-order valence-electron chi connectivity index (χ2n) is 7.91. The van der Waals surface area contributed by atoms with Gasteiger partial charge < -0.3 is 9.80 Å². The monoisotopic (exact) mass is 402 g/mol. The number of carbonyl (C=O) groups is 2. The number of fused-ring (bicyclic) bond motifs is 1. The van der Waals surface area contributed by atoms with E-state index >= 15 is 0 Å². The third-order valence-corrected chi connectivity index (χ3v) is 5.66. The third-order valence-electron chi connectivity index (χ3n) is 5.66. The van der Waals surface area contributed by atoms with Crippen molar-refractivity contribution in [2.75, 3.05) is 26.2 Å². The number of hydrogen-bond donors (Lipinski definition) is 0. The van der Waals surface area contributed by atoms with Gasteiger partial charge in [-0.1, -0.05) is 17.7 Å². The fourth-order valence-electron chi connectivity index (χ4n) is 3.83. The van der Waals surface area contributed by atoms with Gasteiger partial charge in [0.2, 0.25) is 0 Å². The second kappa shape index (κ2) is 8.22. The van der Waals surface area contributed by atoms with Crippen molar-refractivity contribution >= 4 is 22.8 Å². The van der Waals surface area contributed by atoms with Gasteiger partial charge in [0.1, 0.15) is 0 Å². The molecule has 6 heteroatoms. The Morgan fingerprint density at radius 2 is 1.33 bits per heavy atom. The molecule has 1 saturated heterocycles. The topological polar surface area (TPSA) is 66.4 Å². The highest BCUT2D eigenvalue weighted by Crippen LogP contribution is 2.17. The molecule has 1 aliphatic rings. The average molecular weight is 402 g/mol. The maximum atomic E-state index is 13.1. The highest BCUT2D eigenvalue weighted by molar-refractivity contribution is 5.97. The summed E-state index contributed by atoms with van der Waals surface area (Å²) in [6.45, 7) is 8.17. The number of rotatable bonds is 2. The van der Waals surface area contributed by atoms with Crippen LogP contribution in [0.15, 0.2) is 42.5 Å². The molecule has 2 aromatic carbocycles. The zero-order chi connectivity index (χ0) is 21.3. The lowest BCUT2D eigenvalue weighted by Gasteiger charge is -2.22. The molecule has 0 unspecified atom stereocenters. The summed E-state index contributed by atoms with van der Waals surface area (Å²) in [5, 5.41) is 0. The Hall–Kier alpha value is -3.28. The van der Waals surface area contributed by atoms with Crippen molar-refractivity contribution < 1.29 is 9.59 Å². The van der Waals surface area contributed by atoms with Crippen LogP contribution in [0.1, 0.15) is 44.1 Å². The molecule has 2 amide bonds. The van der Waals surface area contributed by atoms with E-state index in [9.17, 15) is 9.59 Å². The highest BCUT2D eigenvalue weighted by Gasteiger charge is 2.24. The van der Waals surface area contributed by atoms with Crippen molar-refractivity contribution in [1.29, 1.82) is 0 Å². The Labute approximate surface area is 176 Å². The molecule has 1 aromatic heterocycles. The van der Waals surface area contributed by atoms with E-state index in [1.165, 1.54) is 0 Å². The van der Waals surface area contributed by atoms with Gasteiger partial charge in [0.05, 0.1) is 22.4 Å². The van der Waals surface area contributed by atoms with Gasteiger partial charge in [0.15, 0.2) is 0 Å². The van der Waals surface area contributed by atoms with Crippen LogP contribution in [0.5, 0.6) is 0 Å². The molecule has 0 atom stereocenters. The molecule has 0 radical (unpaired) electrons. The summed E-state index contributed by atoms with van der Waals surface area (Å²) in [7, 11) is 0. The summed E-state index contributed by atoms with van der Waals surface area (Å²) in [6, 6.07) is 13.1. The fourth-order valence-corrected chi connectivity index (χ4v) is 3.83. The van der Waals surface area contributed by atoms with Crippen LogP contribution in [0.2, 0.25) is 0 Å². The lowest BCUT2D eigenvalue weighted by atomic mass is 10.1. The Bertz CT molecular complexity index is 1130. The number of aromatic nitrogens is 2. The van der Waals surface area contributed by atoms with Crippen LogP contribution in [-0.4, -0.2) is 57.8 Å². The number of carbonyl (C=O) groups excluding carboxylic acids is 2. The van der Waals surface area contributed by atoms with E-state index in [2.05, 4.69) is 9.97 Å². The molecular formula is C24H26N4O2. The molecule has 154 valence electrons. The average Bonchev–Trinajstić information content (AvgIpc) is 2.99. The third kappa shape index (κ3) is 4.03. The number of benzene rings is 2. The van der Waals surface area contributed by atoms with Gasteiger partial charge >= 0.3 is 0 Å². The van der Waals surface area contributed by atoms with Crippen LogP contribution in [0, 0.1) is 20.8 Å². The first kappa shape index (κ1) is 20.0. The van der Waals surface area contributed by atoms with Gasteiger partial charge in [-0.25, -0.2) is 9.97 Å². The summed E-state index contributed by atoms with van der Waals surface area (Å²) >= 11 is 0. The molecule has 3 aromatic rings. The largest absolute Gasteiger partial charge is 0.337 e. The second-order valence-corrected chi connectivity index (χ2v) is 7.91. The van der Waals surface area contributed by atoms with Crippen LogP contribution in [0.4, 0.5) is 0 Å². The zero-order valence-corrected chi connectivity index (χ0v) is 17.7. The van der Waals surface area contributed by atoms with Gasteiger partial charge in [-0.05, 0) is 57.5 Å². The standard InChI is InChI=1S/C24H26N4O2/c1-16-6-4-7-19(14-16)23(29)27-10-5-11-28(13-12-27)24(30)20-8-9-21-22(15-20)26-18(3)17(2)25-21/h4,6-9,14-15H,5,10-13H2,1-3H3. The smallest absolute Gasteiger partial charge is 0.253 e. The molecule has 30 heavy (non-hydrogen) atoms. The first-order valence-electron chi connectivity index (χ1n) is 10.3. The van der Waals surface area contributed by atoms with Gasteiger partial charge in [-0.2, -0.15) is 0 Å². The van der Waals surface area contributed by atoms with E-state index in [-0.39, 0.29) is 11.8 Å². The Balaban J connectivity index is 1.49. The predicted octanol–water partition coefficient (Wildman–Crippen LogP) is 3.54. The molecule has 1 fully saturated rings. The lowest BCUT2D eigenvalue weighted by Crippen LogP contribution is -2.37. The molecule has 0 bridgehead atoms. The SMILES string of the molecule is Cc1cccc(C(=O)N2CCCN(C(=O)c3ccc4nc(C)c(C)nc4c3)CC2)c1. The first-order valence-corrected chi connectivity index (χ1v) is 10.3. The summed E-state index contributed by atoms with van der Waals surface area (Å²) in [5.41, 5.74) is 5.67. The van der Waals surface area contributed by atoms with Crippen LogP contribution >= 0.6 is 0 Å². The van der Waals surface area contributed by atoms with E-state index in [4.69, 9.17) is 0 Å². The van der Waals surface area contributed by atoms with Crippen molar-refractivity contribution in [2.24, 2.45) is 0 Å². The van der Waals surface area contributed by atoms with Gasteiger partial charge in [-0.15, -0.1) is 0 Å². The zero-order valence-electron chi connectivity index (χ0n) is 17.7. The van der Waals surface area contributed by atoms with E-state index in [1.807, 2.05) is 73.0 Å². The maximum absolute atomic E-state index is 13.1. The van der Waals surface area contributed by atoms with E-state index in [0.717, 1.165) is 34.4 Å². The van der Waals surface area contributed by atoms with E-state index in [0.29, 0.717) is 37.3 Å². The molecular weight excluding hydrogens is 376 g/mol. The van der Waals surface area contributed by atoms with Crippen LogP contribution in [0.3, 0.4) is 0 Å². The fraction of sp³-hybridized carbons (Fsp3) is 0.333. The normalized spacial score (nSPS) is 14.6. The van der Waals surface area contributed by atoms with Crippen LogP contribution in [0.25, 0.3) is 11.0 Å². The molecule has 0 spiro atoms. The van der Waals surface area contributed by atoms with Crippen LogP contribution in [-0.2, 0) is 0 Å². The van der Waals surface area contributed by atoms with Gasteiger partial charge in [0.25, 0.3) is 11.8 Å². The Kier molecular flexibility index (Phi) is 5.48. The molecule has 2 heterocycles. The van der Waals surface area contributed by atoms with Crippen LogP contribution < -0.4 is 0 Å². The van der Waals surface area contributed by atoms with Crippen molar-refractivity contribution in [2.45, 2.75) is 27.2 Å². The summed E-state index contributed by atoms with van der Waals surface area (Å²) in [4.78, 5) is 38.8. The maximum Gasteiger partial charge on any atom is 0.253 e. The predicted molar refractivity (Wildman–Crippen MR) is 117 cm³/mol. The number of amides is 2. The van der Waals surface area contributed by atoms with Crippen molar-refractivity contribution in [3.8, 4) is 0 Å². The van der Waals surface area contributed by atoms with E-state index < -0.39 is 0 Å². The minimum atomic E-state index is -0.0261. The molecule has 0 saturated carbocycles. The first-order chi connectivity index (χ1) is 14.4. The van der Waals surface area contributed by atoms with Crippen molar-refractivity contribution in [1.82, 2.24) is 19.8 Å². The molecule has 1 aliphatic heterocycles. The summed E-state index contributed by atoms with van der Waals surface area (Å²) in [6.07, 6.45) is 0.759. The molecule has 0 aliphatic carbocycles. The number of hydrogen-bond acceptors (Lipinski definition) is 4. The highest BCUT2D eigenvalue weighted by atomic mass is 16.2. The minimum absolute atomic E-state index is 0.0261. The van der Waals surface area contributed by atoms with Gasteiger partial charge in [0, 0.05) is 37.3 Å². The van der Waals surface area contributed by atoms with Gasteiger partial charge in [-0.3, -0.25) is 9.59 Å². The molecule has 6 nitrogen and oxygen atoms in total. The molecule has 0 N–H and O–H groups in total. The quantitative estimate of drug-likeness (QED) is 0.658. The minimum Gasteiger partial charge on any atom is -0.337 e. The van der Waals surface area contributed by atoms with Crippen molar-refractivity contribution in [3.05, 3.63) is 70.5 Å². The number of aryl methyl sites for hydroxylation is 3. The molecule has 4 rings (SSSR count). The van der Waals surface area contributed by atoms with E-state index in [1.54, 1.807) is 0 Å². The lowest BCUT2D eigenvalue weighted by molar-refractivity contribution is 0.0719. The Morgan fingerprint density at radius 3 is 1.97 bits per heavy atom. The summed E-state index contributed by atoms with van der Waals surface area (Å²) < 4.78 is 0. The number of nitrogens with zero attached hydrogens (tertiary/aromatic N) is 4. The Morgan fingerprint density at radius 1 is 0.733 bits per heavy atom. The summed E-state index contributed by atoms with van der Waals surface area (Å²) in [5.74, 6) is 0.00149.